The fraction of sp³-hybridized carbons (Fsp3) is 0.200. The molecule has 0 atom stereocenters. The quantitative estimate of drug-likeness (QED) is 0.714. The maximum Gasteiger partial charge on any atom is 0.258 e. The zero-order valence-electron chi connectivity index (χ0n) is 14.6. The van der Waals surface area contributed by atoms with E-state index < -0.39 is 0 Å². The SMILES string of the molecule is COc1ccc2nc(C)cc(OCC(=O)NCc3ccc(Cl)cc3)c2c1. The molecule has 1 aromatic heterocycles. The summed E-state index contributed by atoms with van der Waals surface area (Å²) in [6.45, 7) is 2.23. The van der Waals surface area contributed by atoms with E-state index in [9.17, 15) is 4.79 Å². The van der Waals surface area contributed by atoms with Crippen molar-refractivity contribution in [3.63, 3.8) is 0 Å². The molecule has 5 nitrogen and oxygen atoms in total. The fourth-order valence-electron chi connectivity index (χ4n) is 2.54. The maximum absolute atomic E-state index is 12.1. The number of aromatic nitrogens is 1. The van der Waals surface area contributed by atoms with Gasteiger partial charge in [0, 0.05) is 28.7 Å². The Hall–Kier alpha value is -2.79. The fourth-order valence-corrected chi connectivity index (χ4v) is 2.67. The summed E-state index contributed by atoms with van der Waals surface area (Å²) in [6, 6.07) is 14.7. The number of benzene rings is 2. The van der Waals surface area contributed by atoms with E-state index in [0.717, 1.165) is 22.2 Å². The van der Waals surface area contributed by atoms with Gasteiger partial charge in [0.2, 0.25) is 0 Å². The number of amides is 1. The van der Waals surface area contributed by atoms with Gasteiger partial charge in [-0.25, -0.2) is 0 Å². The monoisotopic (exact) mass is 370 g/mol. The lowest BCUT2D eigenvalue weighted by Crippen LogP contribution is -2.28. The number of rotatable bonds is 6. The van der Waals surface area contributed by atoms with E-state index in [4.69, 9.17) is 21.1 Å². The first kappa shape index (κ1) is 18.0. The van der Waals surface area contributed by atoms with Crippen LogP contribution in [0.1, 0.15) is 11.3 Å². The van der Waals surface area contributed by atoms with E-state index in [1.54, 1.807) is 19.2 Å². The highest BCUT2D eigenvalue weighted by Crippen LogP contribution is 2.28. The summed E-state index contributed by atoms with van der Waals surface area (Å²) in [6.07, 6.45) is 0. The molecule has 0 spiro atoms. The molecule has 26 heavy (non-hydrogen) atoms. The van der Waals surface area contributed by atoms with Crippen molar-refractivity contribution >= 4 is 28.4 Å². The molecule has 0 aliphatic rings. The molecule has 0 aliphatic carbocycles. The topological polar surface area (TPSA) is 60.5 Å². The van der Waals surface area contributed by atoms with Crippen LogP contribution in [0.3, 0.4) is 0 Å². The first-order chi connectivity index (χ1) is 12.5. The van der Waals surface area contributed by atoms with Gasteiger partial charge in [-0.05, 0) is 42.8 Å². The largest absolute Gasteiger partial charge is 0.497 e. The van der Waals surface area contributed by atoms with Crippen LogP contribution in [0.15, 0.2) is 48.5 Å². The number of aryl methyl sites for hydroxylation is 1. The van der Waals surface area contributed by atoms with Crippen LogP contribution in [0, 0.1) is 6.92 Å². The molecule has 0 saturated carbocycles. The number of methoxy groups -OCH3 is 1. The third-order valence-corrected chi connectivity index (χ3v) is 4.12. The van der Waals surface area contributed by atoms with Gasteiger partial charge in [0.05, 0.1) is 12.6 Å². The number of halogens is 1. The number of pyridine rings is 1. The zero-order valence-corrected chi connectivity index (χ0v) is 15.3. The van der Waals surface area contributed by atoms with E-state index in [2.05, 4.69) is 10.3 Å². The zero-order chi connectivity index (χ0) is 18.5. The third-order valence-electron chi connectivity index (χ3n) is 3.87. The van der Waals surface area contributed by atoms with E-state index >= 15 is 0 Å². The van der Waals surface area contributed by atoms with Crippen molar-refractivity contribution in [3.05, 3.63) is 64.8 Å². The molecular weight excluding hydrogens is 352 g/mol. The Kier molecular flexibility index (Phi) is 5.58. The Balaban J connectivity index is 1.66. The first-order valence-electron chi connectivity index (χ1n) is 8.14. The molecule has 6 heteroatoms. The lowest BCUT2D eigenvalue weighted by molar-refractivity contribution is -0.123. The molecule has 3 rings (SSSR count). The predicted molar refractivity (Wildman–Crippen MR) is 102 cm³/mol. The lowest BCUT2D eigenvalue weighted by atomic mass is 10.1. The average Bonchev–Trinajstić information content (AvgIpc) is 2.65. The van der Waals surface area contributed by atoms with E-state index in [-0.39, 0.29) is 12.5 Å². The summed E-state index contributed by atoms with van der Waals surface area (Å²) in [4.78, 5) is 16.6. The minimum absolute atomic E-state index is 0.0800. The van der Waals surface area contributed by atoms with E-state index in [1.165, 1.54) is 0 Å². The summed E-state index contributed by atoms with van der Waals surface area (Å²) in [7, 11) is 1.60. The summed E-state index contributed by atoms with van der Waals surface area (Å²) >= 11 is 5.85. The molecule has 2 aromatic carbocycles. The van der Waals surface area contributed by atoms with E-state index in [0.29, 0.717) is 23.1 Å². The number of carbonyl (C=O) groups excluding carboxylic acids is 1. The normalized spacial score (nSPS) is 10.6. The summed E-state index contributed by atoms with van der Waals surface area (Å²) in [5.74, 6) is 1.11. The van der Waals surface area contributed by atoms with Crippen LogP contribution in [0.5, 0.6) is 11.5 Å². The summed E-state index contributed by atoms with van der Waals surface area (Å²) in [5.41, 5.74) is 2.58. The van der Waals surface area contributed by atoms with Crippen molar-refractivity contribution < 1.29 is 14.3 Å². The Bertz CT molecular complexity index is 926. The Labute approximate surface area is 156 Å². The Morgan fingerprint density at radius 2 is 1.92 bits per heavy atom. The molecule has 1 amide bonds. The molecule has 0 unspecified atom stereocenters. The van der Waals surface area contributed by atoms with Crippen LogP contribution in [-0.4, -0.2) is 24.6 Å². The highest BCUT2D eigenvalue weighted by Gasteiger charge is 2.09. The smallest absolute Gasteiger partial charge is 0.258 e. The van der Waals surface area contributed by atoms with Gasteiger partial charge in [0.15, 0.2) is 6.61 Å². The number of nitrogens with one attached hydrogen (secondary N) is 1. The van der Waals surface area contributed by atoms with Gasteiger partial charge in [-0.1, -0.05) is 23.7 Å². The van der Waals surface area contributed by atoms with Gasteiger partial charge in [-0.15, -0.1) is 0 Å². The minimum Gasteiger partial charge on any atom is -0.497 e. The number of hydrogen-bond acceptors (Lipinski definition) is 4. The molecule has 3 aromatic rings. The van der Waals surface area contributed by atoms with Gasteiger partial charge in [0.25, 0.3) is 5.91 Å². The number of carbonyl (C=O) groups is 1. The number of nitrogens with zero attached hydrogens (tertiary/aromatic N) is 1. The second-order valence-corrected chi connectivity index (χ2v) is 6.27. The van der Waals surface area contributed by atoms with Crippen molar-refractivity contribution in [2.24, 2.45) is 0 Å². The van der Waals surface area contributed by atoms with Gasteiger partial charge in [-0.3, -0.25) is 9.78 Å². The molecule has 0 fully saturated rings. The van der Waals surface area contributed by atoms with Crippen molar-refractivity contribution in [2.75, 3.05) is 13.7 Å². The molecule has 0 saturated heterocycles. The van der Waals surface area contributed by atoms with Crippen LogP contribution < -0.4 is 14.8 Å². The van der Waals surface area contributed by atoms with Crippen molar-refractivity contribution in [3.8, 4) is 11.5 Å². The molecule has 134 valence electrons. The van der Waals surface area contributed by atoms with E-state index in [1.807, 2.05) is 43.3 Å². The van der Waals surface area contributed by atoms with Crippen LogP contribution in [0.4, 0.5) is 0 Å². The number of hydrogen-bond donors (Lipinski definition) is 1. The maximum atomic E-state index is 12.1. The minimum atomic E-state index is -0.203. The van der Waals surface area contributed by atoms with Gasteiger partial charge in [-0.2, -0.15) is 0 Å². The molecule has 0 radical (unpaired) electrons. The molecule has 1 heterocycles. The first-order valence-corrected chi connectivity index (χ1v) is 8.52. The second kappa shape index (κ2) is 8.06. The number of fused-ring (bicyclic) bond motifs is 1. The Morgan fingerprint density at radius 1 is 1.15 bits per heavy atom. The van der Waals surface area contributed by atoms with Crippen LogP contribution in [0.2, 0.25) is 5.02 Å². The standard InChI is InChI=1S/C20H19ClN2O3/c1-13-9-19(17-10-16(25-2)7-8-18(17)23-13)26-12-20(24)22-11-14-3-5-15(21)6-4-14/h3-10H,11-12H2,1-2H3,(H,22,24). The highest BCUT2D eigenvalue weighted by molar-refractivity contribution is 6.30. The molecule has 1 N–H and O–H groups in total. The lowest BCUT2D eigenvalue weighted by Gasteiger charge is -2.11. The van der Waals surface area contributed by atoms with Crippen LogP contribution in [-0.2, 0) is 11.3 Å². The summed E-state index contributed by atoms with van der Waals surface area (Å²) in [5, 5.41) is 4.30. The summed E-state index contributed by atoms with van der Waals surface area (Å²) < 4.78 is 11.0. The van der Waals surface area contributed by atoms with Crippen molar-refractivity contribution in [2.45, 2.75) is 13.5 Å². The highest BCUT2D eigenvalue weighted by atomic mass is 35.5. The Morgan fingerprint density at radius 3 is 2.65 bits per heavy atom. The van der Waals surface area contributed by atoms with Gasteiger partial charge in [0.1, 0.15) is 11.5 Å². The molecule has 0 bridgehead atoms. The number of ether oxygens (including phenoxy) is 2. The predicted octanol–water partition coefficient (Wildman–Crippen LogP) is 3.90. The molecular formula is C20H19ClN2O3. The van der Waals surface area contributed by atoms with Gasteiger partial charge < -0.3 is 14.8 Å². The van der Waals surface area contributed by atoms with Crippen LogP contribution >= 0.6 is 11.6 Å². The van der Waals surface area contributed by atoms with Gasteiger partial charge >= 0.3 is 0 Å². The van der Waals surface area contributed by atoms with Crippen molar-refractivity contribution in [1.82, 2.24) is 10.3 Å². The molecule has 0 aliphatic heterocycles. The second-order valence-electron chi connectivity index (χ2n) is 5.84. The van der Waals surface area contributed by atoms with Crippen molar-refractivity contribution in [1.29, 1.82) is 0 Å². The van der Waals surface area contributed by atoms with Crippen LogP contribution in [0.25, 0.3) is 10.9 Å². The third kappa shape index (κ3) is 4.43. The average molecular weight is 371 g/mol.